The number of aromatic hydroxyl groups is 1. The molecule has 2 aromatic rings. The number of aliphatic hydroxyl groups excluding tert-OH is 2. The molecule has 3 amide bonds. The van der Waals surface area contributed by atoms with Gasteiger partial charge in [0, 0.05) is 49.1 Å². The highest BCUT2D eigenvalue weighted by molar-refractivity contribution is 6.16. The predicted molar refractivity (Wildman–Crippen MR) is 154 cm³/mol. The van der Waals surface area contributed by atoms with Crippen molar-refractivity contribution >= 4 is 34.9 Å². The maximum absolute atomic E-state index is 14.0. The number of nitrogens with one attached hydrogen (secondary N) is 2. The van der Waals surface area contributed by atoms with Crippen LogP contribution in [0.1, 0.15) is 34.3 Å². The summed E-state index contributed by atoms with van der Waals surface area (Å²) in [5, 5.41) is 49.4. The third-order valence-electron chi connectivity index (χ3n) is 8.71. The van der Waals surface area contributed by atoms with Crippen molar-refractivity contribution in [2.24, 2.45) is 23.5 Å². The lowest BCUT2D eigenvalue weighted by Gasteiger charge is -2.48. The molecule has 0 spiro atoms. The number of primary amides is 1. The standard InChI is InChI=1S/C30H31F3N4O9/c1-37(2)18-9-13(11-35-28(44)36-15-3-5-16(6-4-15)46-30(31,32)33)23(39)21-17(18)8-12-7-14-10-19(38)22(27(34)43)26(42)29(14,45)25(41)20(12)24(21)40/h3-6,9,12,14,19,22,38-39,41,45H,7-8,10-11H2,1-2H3,(H2,34,43)(H2,35,36,44)/t12-,14+,19?,22?,29+/m1/s1. The number of aliphatic hydroxyl groups is 3. The fourth-order valence-electron chi connectivity index (χ4n) is 6.65. The SMILES string of the molecule is CN(C)c1cc(CNC(=O)Nc2ccc(OC(F)(F)F)cc2)c(O)c2c1C[C@H]1C[C@H]3CC(O)C(C(N)=O)C(=O)[C@@]3(O)C(O)=C1C2=O. The van der Waals surface area contributed by atoms with Crippen LogP contribution in [0.3, 0.4) is 0 Å². The van der Waals surface area contributed by atoms with Gasteiger partial charge >= 0.3 is 12.4 Å². The Bertz CT molecular complexity index is 1660. The van der Waals surface area contributed by atoms with E-state index in [1.165, 1.54) is 12.1 Å². The van der Waals surface area contributed by atoms with Crippen LogP contribution >= 0.6 is 0 Å². The lowest BCUT2D eigenvalue weighted by atomic mass is 9.57. The van der Waals surface area contributed by atoms with Crippen LogP contribution in [0.25, 0.3) is 0 Å². The number of amides is 3. The number of hydrogen-bond donors (Lipinski definition) is 7. The second-order valence-corrected chi connectivity index (χ2v) is 11.8. The third-order valence-corrected chi connectivity index (χ3v) is 8.71. The van der Waals surface area contributed by atoms with Gasteiger partial charge in [-0.15, -0.1) is 13.2 Å². The number of phenols is 1. The molecule has 5 rings (SSSR count). The van der Waals surface area contributed by atoms with Gasteiger partial charge in [0.15, 0.2) is 17.2 Å². The normalized spacial score (nSPS) is 25.6. The Morgan fingerprint density at radius 2 is 1.78 bits per heavy atom. The van der Waals surface area contributed by atoms with Gasteiger partial charge in [-0.25, -0.2) is 4.79 Å². The van der Waals surface area contributed by atoms with Crippen LogP contribution in [-0.2, 0) is 22.6 Å². The molecule has 1 saturated carbocycles. The Morgan fingerprint density at radius 1 is 1.13 bits per heavy atom. The zero-order valence-electron chi connectivity index (χ0n) is 24.5. The van der Waals surface area contributed by atoms with Crippen LogP contribution in [0.5, 0.6) is 11.5 Å². The average Bonchev–Trinajstić information content (AvgIpc) is 2.94. The van der Waals surface area contributed by atoms with E-state index < -0.39 is 76.6 Å². The Labute approximate surface area is 259 Å². The number of nitrogens with zero attached hydrogens (tertiary/aromatic N) is 1. The van der Waals surface area contributed by atoms with E-state index in [0.29, 0.717) is 11.3 Å². The first-order valence-corrected chi connectivity index (χ1v) is 14.1. The van der Waals surface area contributed by atoms with Crippen molar-refractivity contribution in [2.45, 2.75) is 43.9 Å². The molecule has 46 heavy (non-hydrogen) atoms. The quantitative estimate of drug-likeness (QED) is 0.227. The molecule has 0 aromatic heterocycles. The van der Waals surface area contributed by atoms with Gasteiger partial charge in [0.05, 0.1) is 11.7 Å². The summed E-state index contributed by atoms with van der Waals surface area (Å²) in [6.45, 7) is -0.314. The molecule has 3 aliphatic rings. The minimum atomic E-state index is -4.88. The van der Waals surface area contributed by atoms with Gasteiger partial charge in [-0.1, -0.05) is 0 Å². The molecule has 3 aliphatic carbocycles. The number of carbonyl (C=O) groups is 4. The third kappa shape index (κ3) is 5.58. The van der Waals surface area contributed by atoms with Crippen LogP contribution in [-0.4, -0.2) is 76.1 Å². The number of rotatable bonds is 6. The molecular weight excluding hydrogens is 617 g/mol. The zero-order chi connectivity index (χ0) is 33.9. The average molecular weight is 649 g/mol. The van der Waals surface area contributed by atoms with E-state index in [4.69, 9.17) is 5.73 Å². The van der Waals surface area contributed by atoms with Crippen molar-refractivity contribution in [1.29, 1.82) is 0 Å². The van der Waals surface area contributed by atoms with Crippen LogP contribution in [0, 0.1) is 17.8 Å². The number of urea groups is 1. The Kier molecular flexibility index (Phi) is 8.15. The first-order chi connectivity index (χ1) is 21.4. The molecule has 2 unspecified atom stereocenters. The summed E-state index contributed by atoms with van der Waals surface area (Å²) >= 11 is 0. The Balaban J connectivity index is 1.43. The number of allylic oxidation sites excluding steroid dienone is 1. The summed E-state index contributed by atoms with van der Waals surface area (Å²) in [5.41, 5.74) is 3.28. The minimum absolute atomic E-state index is 0.00970. The molecule has 16 heteroatoms. The zero-order valence-corrected chi connectivity index (χ0v) is 24.5. The number of halogens is 3. The second-order valence-electron chi connectivity index (χ2n) is 11.8. The maximum Gasteiger partial charge on any atom is 0.573 e. The number of fused-ring (bicyclic) bond motifs is 3. The summed E-state index contributed by atoms with van der Waals surface area (Å²) in [7, 11) is 3.38. The topological polar surface area (TPSA) is 212 Å². The van der Waals surface area contributed by atoms with Crippen molar-refractivity contribution in [3.05, 3.63) is 58.4 Å². The number of hydrogen-bond acceptors (Lipinski definition) is 10. The number of benzene rings is 2. The Hall–Kier alpha value is -4.83. The van der Waals surface area contributed by atoms with E-state index in [1.807, 2.05) is 0 Å². The van der Waals surface area contributed by atoms with E-state index in [0.717, 1.165) is 12.1 Å². The number of Topliss-reactive ketones (excluding diaryl/α,β-unsaturated/α-hetero) is 2. The molecule has 0 aliphatic heterocycles. The molecule has 8 N–H and O–H groups in total. The van der Waals surface area contributed by atoms with Crippen molar-refractivity contribution in [3.63, 3.8) is 0 Å². The van der Waals surface area contributed by atoms with Crippen molar-refractivity contribution in [1.82, 2.24) is 5.32 Å². The summed E-state index contributed by atoms with van der Waals surface area (Å²) in [5.74, 6) is -8.73. The van der Waals surface area contributed by atoms with Crippen LogP contribution in [0.2, 0.25) is 0 Å². The smallest absolute Gasteiger partial charge is 0.508 e. The van der Waals surface area contributed by atoms with Crippen LogP contribution in [0.4, 0.5) is 29.3 Å². The number of phenolic OH excluding ortho intramolecular Hbond substituents is 1. The van der Waals surface area contributed by atoms with E-state index in [9.17, 15) is 52.8 Å². The van der Waals surface area contributed by atoms with E-state index in [-0.39, 0.29) is 48.2 Å². The highest BCUT2D eigenvalue weighted by Gasteiger charge is 2.62. The predicted octanol–water partition coefficient (Wildman–Crippen LogP) is 2.03. The van der Waals surface area contributed by atoms with Gasteiger partial charge in [-0.2, -0.15) is 0 Å². The first kappa shape index (κ1) is 32.6. The van der Waals surface area contributed by atoms with Gasteiger partial charge in [0.1, 0.15) is 23.2 Å². The molecule has 5 atom stereocenters. The minimum Gasteiger partial charge on any atom is -0.508 e. The molecule has 1 fully saturated rings. The molecule has 246 valence electrons. The van der Waals surface area contributed by atoms with Gasteiger partial charge in [-0.3, -0.25) is 14.4 Å². The second kappa shape index (κ2) is 11.5. The van der Waals surface area contributed by atoms with Gasteiger partial charge < -0.3 is 46.4 Å². The highest BCUT2D eigenvalue weighted by atomic mass is 19.4. The number of nitrogens with two attached hydrogens (primary N) is 1. The van der Waals surface area contributed by atoms with Gasteiger partial charge in [-0.05, 0) is 61.1 Å². The summed E-state index contributed by atoms with van der Waals surface area (Å²) < 4.78 is 41.0. The van der Waals surface area contributed by atoms with Crippen LogP contribution in [0.15, 0.2) is 41.7 Å². The molecule has 0 radical (unpaired) electrons. The molecule has 13 nitrogen and oxygen atoms in total. The fraction of sp³-hybridized carbons (Fsp3) is 0.400. The van der Waals surface area contributed by atoms with E-state index in [1.54, 1.807) is 25.1 Å². The molecule has 0 heterocycles. The lowest BCUT2D eigenvalue weighted by Crippen LogP contribution is -2.63. The summed E-state index contributed by atoms with van der Waals surface area (Å²) in [6.07, 6.45) is -6.46. The first-order valence-electron chi connectivity index (χ1n) is 14.1. The van der Waals surface area contributed by atoms with E-state index >= 15 is 0 Å². The number of ketones is 2. The van der Waals surface area contributed by atoms with Crippen molar-refractivity contribution in [2.75, 3.05) is 24.3 Å². The molecule has 0 saturated heterocycles. The summed E-state index contributed by atoms with van der Waals surface area (Å²) in [6, 6.07) is 5.15. The molecule has 2 aromatic carbocycles. The van der Waals surface area contributed by atoms with Gasteiger partial charge in [0.2, 0.25) is 5.91 Å². The monoisotopic (exact) mass is 648 g/mol. The van der Waals surface area contributed by atoms with Crippen LogP contribution < -0.4 is 26.0 Å². The summed E-state index contributed by atoms with van der Waals surface area (Å²) in [4.78, 5) is 53.3. The number of carbonyl (C=O) groups excluding carboxylic acids is 4. The Morgan fingerprint density at radius 3 is 2.37 bits per heavy atom. The number of alkyl halides is 3. The van der Waals surface area contributed by atoms with Gasteiger partial charge in [0.25, 0.3) is 0 Å². The van der Waals surface area contributed by atoms with Crippen molar-refractivity contribution < 1.29 is 57.5 Å². The molecular formula is C30H31F3N4O9. The van der Waals surface area contributed by atoms with Crippen molar-refractivity contribution in [3.8, 4) is 11.5 Å². The maximum atomic E-state index is 14.0. The lowest BCUT2D eigenvalue weighted by molar-refractivity contribution is -0.274. The van der Waals surface area contributed by atoms with E-state index in [2.05, 4.69) is 15.4 Å². The molecule has 0 bridgehead atoms. The number of anilines is 2. The highest BCUT2D eigenvalue weighted by Crippen LogP contribution is 2.53. The largest absolute Gasteiger partial charge is 0.573 e. The fourth-order valence-corrected chi connectivity index (χ4v) is 6.65. The number of ether oxygens (including phenoxy) is 1.